The molecule has 13 heavy (non-hydrogen) atoms. The first-order valence-corrected chi connectivity index (χ1v) is 4.46. The van der Waals surface area contributed by atoms with Crippen LogP contribution in [0.3, 0.4) is 0 Å². The van der Waals surface area contributed by atoms with Crippen LogP contribution in [0.15, 0.2) is 12.4 Å². The second kappa shape index (κ2) is 3.83. The van der Waals surface area contributed by atoms with Crippen LogP contribution in [0.1, 0.15) is 32.2 Å². The van der Waals surface area contributed by atoms with E-state index in [1.165, 1.54) is 0 Å². The van der Waals surface area contributed by atoms with Gasteiger partial charge in [0, 0.05) is 31.5 Å². The third-order valence-electron chi connectivity index (χ3n) is 2.23. The number of methoxy groups -OCH3 is 1. The molecule has 0 aliphatic carbocycles. The van der Waals surface area contributed by atoms with Gasteiger partial charge in [0.2, 0.25) is 0 Å². The Kier molecular flexibility index (Phi) is 2.98. The van der Waals surface area contributed by atoms with E-state index in [4.69, 9.17) is 4.74 Å². The standard InChI is InChI=1S/C10H16N2O/c1-5-9-11-6-8(7-12-9)10(2,3)13-4/h6-7H,5H2,1-4H3. The van der Waals surface area contributed by atoms with Gasteiger partial charge in [-0.05, 0) is 13.8 Å². The number of hydrogen-bond donors (Lipinski definition) is 0. The lowest BCUT2D eigenvalue weighted by molar-refractivity contribution is 0.0186. The molecule has 0 bridgehead atoms. The summed E-state index contributed by atoms with van der Waals surface area (Å²) in [5, 5.41) is 0. The molecule has 72 valence electrons. The Labute approximate surface area is 79.2 Å². The van der Waals surface area contributed by atoms with Crippen LogP contribution < -0.4 is 0 Å². The van der Waals surface area contributed by atoms with E-state index in [0.29, 0.717) is 0 Å². The smallest absolute Gasteiger partial charge is 0.127 e. The molecule has 1 heterocycles. The van der Waals surface area contributed by atoms with Crippen LogP contribution in [0, 0.1) is 0 Å². The Hall–Kier alpha value is -0.960. The van der Waals surface area contributed by atoms with Crippen LogP contribution in [-0.4, -0.2) is 17.1 Å². The predicted octanol–water partition coefficient (Wildman–Crippen LogP) is 1.92. The van der Waals surface area contributed by atoms with E-state index in [-0.39, 0.29) is 5.60 Å². The van der Waals surface area contributed by atoms with Crippen molar-refractivity contribution in [3.8, 4) is 0 Å². The first-order chi connectivity index (χ1) is 6.10. The molecule has 0 unspecified atom stereocenters. The van der Waals surface area contributed by atoms with Gasteiger partial charge < -0.3 is 4.74 Å². The third kappa shape index (κ3) is 2.25. The van der Waals surface area contributed by atoms with Gasteiger partial charge in [-0.3, -0.25) is 0 Å². The first kappa shape index (κ1) is 10.1. The summed E-state index contributed by atoms with van der Waals surface area (Å²) in [7, 11) is 1.69. The van der Waals surface area contributed by atoms with E-state index >= 15 is 0 Å². The van der Waals surface area contributed by atoms with Gasteiger partial charge in [-0.2, -0.15) is 0 Å². The molecule has 0 aliphatic heterocycles. The van der Waals surface area contributed by atoms with Gasteiger partial charge in [-0.1, -0.05) is 6.92 Å². The Morgan fingerprint density at radius 3 is 2.23 bits per heavy atom. The Morgan fingerprint density at radius 2 is 1.85 bits per heavy atom. The zero-order chi connectivity index (χ0) is 9.90. The van der Waals surface area contributed by atoms with Gasteiger partial charge in [0.1, 0.15) is 5.82 Å². The highest BCUT2D eigenvalue weighted by atomic mass is 16.5. The molecule has 0 saturated carbocycles. The summed E-state index contributed by atoms with van der Waals surface area (Å²) in [5.74, 6) is 0.871. The average molecular weight is 180 g/mol. The molecule has 0 aromatic carbocycles. The maximum atomic E-state index is 5.32. The summed E-state index contributed by atoms with van der Waals surface area (Å²) in [5.41, 5.74) is 0.707. The fourth-order valence-corrected chi connectivity index (χ4v) is 0.966. The minimum absolute atomic E-state index is 0.299. The molecular formula is C10H16N2O. The number of rotatable bonds is 3. The number of ether oxygens (including phenoxy) is 1. The molecule has 0 atom stereocenters. The van der Waals surface area contributed by atoms with Gasteiger partial charge in [0.05, 0.1) is 5.60 Å². The predicted molar refractivity (Wildman–Crippen MR) is 51.4 cm³/mol. The zero-order valence-corrected chi connectivity index (χ0v) is 8.66. The molecule has 1 aromatic heterocycles. The van der Waals surface area contributed by atoms with E-state index in [9.17, 15) is 0 Å². The van der Waals surface area contributed by atoms with Gasteiger partial charge >= 0.3 is 0 Å². The number of aryl methyl sites for hydroxylation is 1. The van der Waals surface area contributed by atoms with Crippen molar-refractivity contribution in [1.82, 2.24) is 9.97 Å². The van der Waals surface area contributed by atoms with Crippen LogP contribution in [0.5, 0.6) is 0 Å². The molecule has 0 fully saturated rings. The van der Waals surface area contributed by atoms with Crippen molar-refractivity contribution in [2.45, 2.75) is 32.8 Å². The summed E-state index contributed by atoms with van der Waals surface area (Å²) in [4.78, 5) is 8.44. The third-order valence-corrected chi connectivity index (χ3v) is 2.23. The molecule has 3 nitrogen and oxygen atoms in total. The number of aromatic nitrogens is 2. The highest BCUT2D eigenvalue weighted by Crippen LogP contribution is 2.21. The lowest BCUT2D eigenvalue weighted by Crippen LogP contribution is -2.20. The number of hydrogen-bond acceptors (Lipinski definition) is 3. The van der Waals surface area contributed by atoms with Crippen LogP contribution in [0.25, 0.3) is 0 Å². The molecular weight excluding hydrogens is 164 g/mol. The zero-order valence-electron chi connectivity index (χ0n) is 8.66. The topological polar surface area (TPSA) is 35.0 Å². The quantitative estimate of drug-likeness (QED) is 0.712. The first-order valence-electron chi connectivity index (χ1n) is 4.46. The molecule has 0 amide bonds. The van der Waals surface area contributed by atoms with Crippen molar-refractivity contribution in [3.05, 3.63) is 23.8 Å². The van der Waals surface area contributed by atoms with E-state index in [0.717, 1.165) is 17.8 Å². The molecule has 0 radical (unpaired) electrons. The molecule has 0 saturated heterocycles. The summed E-state index contributed by atoms with van der Waals surface area (Å²) < 4.78 is 5.32. The highest BCUT2D eigenvalue weighted by Gasteiger charge is 2.19. The Bertz CT molecular complexity index is 267. The lowest BCUT2D eigenvalue weighted by Gasteiger charge is -2.22. The van der Waals surface area contributed by atoms with Crippen molar-refractivity contribution >= 4 is 0 Å². The molecule has 0 N–H and O–H groups in total. The molecule has 3 heteroatoms. The van der Waals surface area contributed by atoms with E-state index < -0.39 is 0 Å². The van der Waals surface area contributed by atoms with Crippen molar-refractivity contribution < 1.29 is 4.74 Å². The average Bonchev–Trinajstić information content (AvgIpc) is 2.18. The van der Waals surface area contributed by atoms with E-state index in [1.54, 1.807) is 7.11 Å². The SMILES string of the molecule is CCc1ncc(C(C)(C)OC)cn1. The van der Waals surface area contributed by atoms with Crippen molar-refractivity contribution in [3.63, 3.8) is 0 Å². The number of nitrogens with zero attached hydrogens (tertiary/aromatic N) is 2. The van der Waals surface area contributed by atoms with Crippen LogP contribution in [-0.2, 0) is 16.8 Å². The monoisotopic (exact) mass is 180 g/mol. The Morgan fingerprint density at radius 1 is 1.31 bits per heavy atom. The summed E-state index contributed by atoms with van der Waals surface area (Å²) in [6.07, 6.45) is 4.53. The van der Waals surface area contributed by atoms with Gasteiger partial charge in [-0.15, -0.1) is 0 Å². The minimum atomic E-state index is -0.299. The van der Waals surface area contributed by atoms with Gasteiger partial charge in [-0.25, -0.2) is 9.97 Å². The fraction of sp³-hybridized carbons (Fsp3) is 0.600. The van der Waals surface area contributed by atoms with Crippen molar-refractivity contribution in [2.24, 2.45) is 0 Å². The minimum Gasteiger partial charge on any atom is -0.374 e. The van der Waals surface area contributed by atoms with Crippen LogP contribution >= 0.6 is 0 Å². The maximum absolute atomic E-state index is 5.32. The second-order valence-electron chi connectivity index (χ2n) is 3.46. The van der Waals surface area contributed by atoms with E-state index in [2.05, 4.69) is 9.97 Å². The molecule has 1 rings (SSSR count). The molecule has 1 aromatic rings. The normalized spacial score (nSPS) is 11.7. The maximum Gasteiger partial charge on any atom is 0.127 e. The summed E-state index contributed by atoms with van der Waals surface area (Å²) in [6, 6.07) is 0. The molecule has 0 aliphatic rings. The summed E-state index contributed by atoms with van der Waals surface area (Å²) in [6.45, 7) is 6.03. The van der Waals surface area contributed by atoms with Crippen LogP contribution in [0.2, 0.25) is 0 Å². The van der Waals surface area contributed by atoms with Crippen LogP contribution in [0.4, 0.5) is 0 Å². The highest BCUT2D eigenvalue weighted by molar-refractivity contribution is 5.13. The fourth-order valence-electron chi connectivity index (χ4n) is 0.966. The van der Waals surface area contributed by atoms with E-state index in [1.807, 2.05) is 33.2 Å². The largest absolute Gasteiger partial charge is 0.374 e. The van der Waals surface area contributed by atoms with Gasteiger partial charge in [0.15, 0.2) is 0 Å². The Balaban J connectivity index is 2.92. The van der Waals surface area contributed by atoms with Crippen molar-refractivity contribution in [2.75, 3.05) is 7.11 Å². The van der Waals surface area contributed by atoms with Gasteiger partial charge in [0.25, 0.3) is 0 Å². The van der Waals surface area contributed by atoms with Crippen molar-refractivity contribution in [1.29, 1.82) is 0 Å². The second-order valence-corrected chi connectivity index (χ2v) is 3.46. The molecule has 0 spiro atoms. The lowest BCUT2D eigenvalue weighted by atomic mass is 10.0. The summed E-state index contributed by atoms with van der Waals surface area (Å²) >= 11 is 0.